The van der Waals surface area contributed by atoms with E-state index in [1.54, 1.807) is 5.43 Å². The van der Waals surface area contributed by atoms with E-state index < -0.39 is 18.5 Å². The number of hydrogen-bond acceptors (Lipinski definition) is 5. The molecule has 0 aliphatic carbocycles. The second-order valence-corrected chi connectivity index (χ2v) is 2.48. The van der Waals surface area contributed by atoms with Crippen LogP contribution in [-0.4, -0.2) is 42.4 Å². The minimum absolute atomic E-state index is 0.0638. The zero-order valence-corrected chi connectivity index (χ0v) is 6.90. The molecule has 6 heteroatoms. The SMILES string of the molecule is COC[C@@H](O)C[C@@H](O)[C@H](F)NN. The van der Waals surface area contributed by atoms with Crippen molar-refractivity contribution in [3.05, 3.63) is 0 Å². The highest BCUT2D eigenvalue weighted by atomic mass is 19.1. The van der Waals surface area contributed by atoms with Crippen molar-refractivity contribution in [3.8, 4) is 0 Å². The van der Waals surface area contributed by atoms with Gasteiger partial charge in [-0.15, -0.1) is 0 Å². The summed E-state index contributed by atoms with van der Waals surface area (Å²) in [5, 5.41) is 18.0. The molecule has 3 atom stereocenters. The molecule has 0 rings (SSSR count). The van der Waals surface area contributed by atoms with Crippen molar-refractivity contribution in [2.75, 3.05) is 13.7 Å². The first-order valence-corrected chi connectivity index (χ1v) is 3.57. The second-order valence-electron chi connectivity index (χ2n) is 2.48. The zero-order valence-electron chi connectivity index (χ0n) is 6.90. The van der Waals surface area contributed by atoms with E-state index >= 15 is 0 Å². The van der Waals surface area contributed by atoms with Crippen LogP contribution in [0, 0.1) is 0 Å². The van der Waals surface area contributed by atoms with Crippen molar-refractivity contribution in [1.82, 2.24) is 5.43 Å². The molecule has 0 unspecified atom stereocenters. The molecule has 0 amide bonds. The average molecular weight is 182 g/mol. The van der Waals surface area contributed by atoms with Crippen LogP contribution >= 0.6 is 0 Å². The van der Waals surface area contributed by atoms with E-state index in [4.69, 9.17) is 16.1 Å². The number of ether oxygens (including phenoxy) is 1. The molecule has 0 spiro atoms. The smallest absolute Gasteiger partial charge is 0.189 e. The van der Waals surface area contributed by atoms with Gasteiger partial charge in [-0.2, -0.15) is 0 Å². The van der Waals surface area contributed by atoms with Crippen molar-refractivity contribution < 1.29 is 19.3 Å². The molecule has 0 aliphatic rings. The first-order valence-electron chi connectivity index (χ1n) is 3.57. The van der Waals surface area contributed by atoms with E-state index in [0.717, 1.165) is 0 Å². The van der Waals surface area contributed by atoms with Crippen LogP contribution in [0.15, 0.2) is 0 Å². The number of aliphatic hydroxyl groups is 2. The summed E-state index contributed by atoms with van der Waals surface area (Å²) in [5.74, 6) is 4.72. The Morgan fingerprint density at radius 3 is 2.58 bits per heavy atom. The lowest BCUT2D eigenvalue weighted by Gasteiger charge is -2.17. The summed E-state index contributed by atoms with van der Waals surface area (Å²) in [4.78, 5) is 0. The van der Waals surface area contributed by atoms with Gasteiger partial charge in [-0.25, -0.2) is 9.82 Å². The van der Waals surface area contributed by atoms with E-state index in [1.807, 2.05) is 0 Å². The maximum atomic E-state index is 12.5. The molecule has 0 radical (unpaired) electrons. The van der Waals surface area contributed by atoms with Crippen LogP contribution in [0.3, 0.4) is 0 Å². The third-order valence-corrected chi connectivity index (χ3v) is 1.37. The van der Waals surface area contributed by atoms with Crippen molar-refractivity contribution in [2.24, 2.45) is 5.84 Å². The number of hydrogen-bond donors (Lipinski definition) is 4. The summed E-state index contributed by atoms with van der Waals surface area (Å²) in [5.41, 5.74) is 1.74. The summed E-state index contributed by atoms with van der Waals surface area (Å²) in [6.07, 6.45) is -4.03. The number of alkyl halides is 1. The highest BCUT2D eigenvalue weighted by Gasteiger charge is 2.19. The molecule has 0 aromatic carbocycles. The summed E-state index contributed by atoms with van der Waals surface area (Å²) in [6.45, 7) is 0.0638. The Hall–Kier alpha value is -0.270. The molecule has 0 saturated carbocycles. The third kappa shape index (κ3) is 4.58. The Labute approximate surface area is 70.3 Å². The van der Waals surface area contributed by atoms with Crippen LogP contribution < -0.4 is 11.3 Å². The fourth-order valence-electron chi connectivity index (χ4n) is 0.770. The van der Waals surface area contributed by atoms with Crippen molar-refractivity contribution in [1.29, 1.82) is 0 Å². The summed E-state index contributed by atoms with van der Waals surface area (Å²) >= 11 is 0. The van der Waals surface area contributed by atoms with E-state index in [9.17, 15) is 4.39 Å². The monoisotopic (exact) mass is 182 g/mol. The standard InChI is InChI=1S/C6H15FN2O3/c1-12-3-4(10)2-5(11)6(7)9-8/h4-6,9-11H,2-3,8H2,1H3/t4-,5+,6+/m0/s1. The van der Waals surface area contributed by atoms with Gasteiger partial charge in [0.25, 0.3) is 0 Å². The van der Waals surface area contributed by atoms with Crippen LogP contribution in [0.5, 0.6) is 0 Å². The van der Waals surface area contributed by atoms with E-state index in [0.29, 0.717) is 0 Å². The zero-order chi connectivity index (χ0) is 9.56. The van der Waals surface area contributed by atoms with Gasteiger partial charge in [-0.1, -0.05) is 0 Å². The number of aliphatic hydroxyl groups excluding tert-OH is 2. The average Bonchev–Trinajstić information content (AvgIpc) is 2.03. The number of rotatable bonds is 6. The van der Waals surface area contributed by atoms with Crippen LogP contribution in [-0.2, 0) is 4.74 Å². The molecule has 12 heavy (non-hydrogen) atoms. The number of methoxy groups -OCH3 is 1. The van der Waals surface area contributed by atoms with Crippen LogP contribution in [0.2, 0.25) is 0 Å². The van der Waals surface area contributed by atoms with Gasteiger partial charge in [0.05, 0.1) is 12.7 Å². The molecule has 0 fully saturated rings. The lowest BCUT2D eigenvalue weighted by atomic mass is 10.1. The van der Waals surface area contributed by atoms with Gasteiger partial charge in [-0.05, 0) is 0 Å². The first kappa shape index (κ1) is 11.7. The molecule has 5 nitrogen and oxygen atoms in total. The quantitative estimate of drug-likeness (QED) is 0.228. The van der Waals surface area contributed by atoms with Crippen LogP contribution in [0.4, 0.5) is 4.39 Å². The maximum absolute atomic E-state index is 12.5. The van der Waals surface area contributed by atoms with Crippen molar-refractivity contribution >= 4 is 0 Å². The molecule has 0 heterocycles. The van der Waals surface area contributed by atoms with Gasteiger partial charge in [0.15, 0.2) is 6.30 Å². The molecular weight excluding hydrogens is 167 g/mol. The van der Waals surface area contributed by atoms with Crippen molar-refractivity contribution in [3.63, 3.8) is 0 Å². The van der Waals surface area contributed by atoms with Crippen LogP contribution in [0.1, 0.15) is 6.42 Å². The minimum Gasteiger partial charge on any atom is -0.391 e. The van der Waals surface area contributed by atoms with Gasteiger partial charge >= 0.3 is 0 Å². The van der Waals surface area contributed by atoms with E-state index in [1.165, 1.54) is 7.11 Å². The van der Waals surface area contributed by atoms with E-state index in [-0.39, 0.29) is 13.0 Å². The maximum Gasteiger partial charge on any atom is 0.189 e. The molecule has 0 bridgehead atoms. The normalized spacial score (nSPS) is 18.8. The van der Waals surface area contributed by atoms with Gasteiger partial charge in [0.1, 0.15) is 6.10 Å². The first-order chi connectivity index (χ1) is 5.61. The Kier molecular flexibility index (Phi) is 6.13. The lowest BCUT2D eigenvalue weighted by molar-refractivity contribution is -0.0105. The van der Waals surface area contributed by atoms with Gasteiger partial charge in [0, 0.05) is 13.5 Å². The fourth-order valence-corrected chi connectivity index (χ4v) is 0.770. The fraction of sp³-hybridized carbons (Fsp3) is 1.00. The topological polar surface area (TPSA) is 87.7 Å². The lowest BCUT2D eigenvalue weighted by Crippen LogP contribution is -2.42. The Bertz CT molecular complexity index is 117. The van der Waals surface area contributed by atoms with E-state index in [2.05, 4.69) is 4.74 Å². The van der Waals surface area contributed by atoms with Gasteiger partial charge in [-0.3, -0.25) is 5.84 Å². The number of nitrogens with one attached hydrogen (secondary N) is 1. The van der Waals surface area contributed by atoms with Crippen molar-refractivity contribution in [2.45, 2.75) is 24.9 Å². The molecule has 74 valence electrons. The summed E-state index contributed by atoms with van der Waals surface area (Å²) in [7, 11) is 1.41. The highest BCUT2D eigenvalue weighted by molar-refractivity contribution is 4.67. The number of halogens is 1. The molecule has 0 aromatic rings. The predicted molar refractivity (Wildman–Crippen MR) is 40.7 cm³/mol. The Morgan fingerprint density at radius 1 is 1.58 bits per heavy atom. The molecule has 5 N–H and O–H groups in total. The largest absolute Gasteiger partial charge is 0.391 e. The van der Waals surface area contributed by atoms with Gasteiger partial charge in [0.2, 0.25) is 0 Å². The molecule has 0 aromatic heterocycles. The minimum atomic E-state index is -1.73. The Morgan fingerprint density at radius 2 is 2.17 bits per heavy atom. The summed E-state index contributed by atoms with van der Waals surface area (Å²) in [6, 6.07) is 0. The second kappa shape index (κ2) is 6.27. The van der Waals surface area contributed by atoms with Gasteiger partial charge < -0.3 is 14.9 Å². The van der Waals surface area contributed by atoms with Crippen LogP contribution in [0.25, 0.3) is 0 Å². The Balaban J connectivity index is 3.59. The number of nitrogens with two attached hydrogens (primary N) is 1. The number of hydrazine groups is 1. The third-order valence-electron chi connectivity index (χ3n) is 1.37. The molecule has 0 aliphatic heterocycles. The highest BCUT2D eigenvalue weighted by Crippen LogP contribution is 2.03. The summed E-state index contributed by atoms with van der Waals surface area (Å²) < 4.78 is 17.1. The molecular formula is C6H15FN2O3. The molecule has 0 saturated heterocycles. The predicted octanol–water partition coefficient (Wildman–Crippen LogP) is -1.50.